The second-order valence-electron chi connectivity index (χ2n) is 6.08. The molecule has 0 radical (unpaired) electrons. The van der Waals surface area contributed by atoms with Crippen LogP contribution in [0, 0.1) is 5.92 Å². The van der Waals surface area contributed by atoms with Crippen LogP contribution in [0.3, 0.4) is 0 Å². The van der Waals surface area contributed by atoms with E-state index in [1.165, 1.54) is 32.1 Å². The van der Waals surface area contributed by atoms with Gasteiger partial charge in [0.15, 0.2) is 0 Å². The van der Waals surface area contributed by atoms with Crippen molar-refractivity contribution in [2.75, 3.05) is 0 Å². The Balaban J connectivity index is 1.83. The average molecular weight is 264 g/mol. The highest BCUT2D eigenvalue weighted by atomic mass is 14.3. The maximum Gasteiger partial charge on any atom is -0.0130 e. The van der Waals surface area contributed by atoms with Crippen LogP contribution in [0.1, 0.15) is 48.8 Å². The van der Waals surface area contributed by atoms with Gasteiger partial charge in [-0.1, -0.05) is 67.9 Å². The molecule has 3 rings (SSSR count). The third-order valence-electron chi connectivity index (χ3n) is 4.78. The van der Waals surface area contributed by atoms with Crippen LogP contribution in [-0.2, 0) is 12.8 Å². The molecule has 0 spiro atoms. The highest BCUT2D eigenvalue weighted by Gasteiger charge is 2.26. The topological polar surface area (TPSA) is 0 Å². The van der Waals surface area contributed by atoms with Gasteiger partial charge in [0, 0.05) is 0 Å². The molecule has 2 aromatic rings. The Hall–Kier alpha value is -1.56. The molecule has 0 saturated heterocycles. The number of rotatable bonds is 4. The average Bonchev–Trinajstić information content (AvgIpc) is 2.53. The first-order valence-corrected chi connectivity index (χ1v) is 8.00. The van der Waals surface area contributed by atoms with E-state index in [2.05, 4.69) is 61.5 Å². The molecule has 0 fully saturated rings. The number of aryl methyl sites for hydroxylation is 1. The molecule has 104 valence electrons. The fourth-order valence-corrected chi connectivity index (χ4v) is 3.76. The minimum atomic E-state index is 0.731. The summed E-state index contributed by atoms with van der Waals surface area (Å²) < 4.78 is 0. The highest BCUT2D eigenvalue weighted by Crippen LogP contribution is 2.38. The van der Waals surface area contributed by atoms with Crippen LogP contribution in [0.25, 0.3) is 0 Å². The van der Waals surface area contributed by atoms with Gasteiger partial charge in [-0.3, -0.25) is 0 Å². The molecular weight excluding hydrogens is 240 g/mol. The van der Waals surface area contributed by atoms with E-state index in [9.17, 15) is 0 Å². The third kappa shape index (κ3) is 2.80. The summed E-state index contributed by atoms with van der Waals surface area (Å²) in [5.74, 6) is 1.54. The van der Waals surface area contributed by atoms with E-state index in [0.29, 0.717) is 0 Å². The molecule has 0 amide bonds. The van der Waals surface area contributed by atoms with Crippen LogP contribution >= 0.6 is 0 Å². The predicted molar refractivity (Wildman–Crippen MR) is 86.0 cm³/mol. The largest absolute Gasteiger partial charge is 0.0654 e. The zero-order valence-electron chi connectivity index (χ0n) is 12.4. The lowest BCUT2D eigenvalue weighted by molar-refractivity contribution is 0.357. The van der Waals surface area contributed by atoms with Gasteiger partial charge >= 0.3 is 0 Å². The number of benzene rings is 2. The molecule has 0 aromatic heterocycles. The molecule has 2 atom stereocenters. The van der Waals surface area contributed by atoms with Crippen LogP contribution < -0.4 is 0 Å². The molecule has 0 bridgehead atoms. The van der Waals surface area contributed by atoms with Gasteiger partial charge in [0.05, 0.1) is 0 Å². The lowest BCUT2D eigenvalue weighted by Crippen LogP contribution is -2.21. The van der Waals surface area contributed by atoms with Gasteiger partial charge in [-0.15, -0.1) is 0 Å². The molecule has 0 nitrogen and oxygen atoms in total. The van der Waals surface area contributed by atoms with Crippen molar-refractivity contribution < 1.29 is 0 Å². The zero-order valence-corrected chi connectivity index (χ0v) is 12.4. The lowest BCUT2D eigenvalue weighted by atomic mass is 9.73. The Bertz CT molecular complexity index is 541. The Labute approximate surface area is 122 Å². The van der Waals surface area contributed by atoms with Crippen LogP contribution in [0.5, 0.6) is 0 Å². The van der Waals surface area contributed by atoms with Crippen molar-refractivity contribution in [3.63, 3.8) is 0 Å². The molecule has 0 N–H and O–H groups in total. The van der Waals surface area contributed by atoms with E-state index in [4.69, 9.17) is 0 Å². The summed E-state index contributed by atoms with van der Waals surface area (Å²) >= 11 is 0. The number of hydrogen-bond acceptors (Lipinski definition) is 0. The molecule has 0 heterocycles. The summed E-state index contributed by atoms with van der Waals surface area (Å²) in [5.41, 5.74) is 4.70. The minimum Gasteiger partial charge on any atom is -0.0654 e. The first-order valence-electron chi connectivity index (χ1n) is 8.00. The Kier molecular flexibility index (Phi) is 4.20. The molecule has 2 aromatic carbocycles. The molecule has 2 unspecified atom stereocenters. The molecule has 0 heteroatoms. The third-order valence-corrected chi connectivity index (χ3v) is 4.78. The van der Waals surface area contributed by atoms with E-state index in [-0.39, 0.29) is 0 Å². The van der Waals surface area contributed by atoms with Gasteiger partial charge in [0.1, 0.15) is 0 Å². The van der Waals surface area contributed by atoms with Crippen molar-refractivity contribution in [3.05, 3.63) is 71.3 Å². The lowest BCUT2D eigenvalue weighted by Gasteiger charge is -2.32. The standard InChI is InChI=1S/C20H24/c1-2-8-20(17-10-4-3-5-11-17)19-14-13-16-9-6-7-12-18(16)15-19/h3-7,9-12,19-20H,2,8,13-15H2,1H3. The first-order chi connectivity index (χ1) is 9.88. The maximum absolute atomic E-state index is 2.33. The fourth-order valence-electron chi connectivity index (χ4n) is 3.76. The number of hydrogen-bond donors (Lipinski definition) is 0. The summed E-state index contributed by atoms with van der Waals surface area (Å²) in [6.45, 7) is 2.31. The van der Waals surface area contributed by atoms with Gasteiger partial charge in [-0.05, 0) is 54.2 Å². The molecule has 0 saturated carbocycles. The highest BCUT2D eigenvalue weighted by molar-refractivity contribution is 5.31. The normalized spacial score (nSPS) is 19.4. The summed E-state index contributed by atoms with van der Waals surface area (Å²) in [4.78, 5) is 0. The fraction of sp³-hybridized carbons (Fsp3) is 0.400. The van der Waals surface area contributed by atoms with Crippen LogP contribution in [0.4, 0.5) is 0 Å². The predicted octanol–water partition coefficient (Wildman–Crippen LogP) is 5.38. The Morgan fingerprint density at radius 3 is 2.40 bits per heavy atom. The van der Waals surface area contributed by atoms with E-state index < -0.39 is 0 Å². The SMILES string of the molecule is CCCC(c1ccccc1)C1CCc2ccccc2C1. The quantitative estimate of drug-likeness (QED) is 0.696. The van der Waals surface area contributed by atoms with Crippen LogP contribution in [0.2, 0.25) is 0 Å². The molecular formula is C20H24. The first kappa shape index (κ1) is 13.4. The van der Waals surface area contributed by atoms with E-state index in [0.717, 1.165) is 11.8 Å². The van der Waals surface area contributed by atoms with Crippen molar-refractivity contribution in [1.82, 2.24) is 0 Å². The van der Waals surface area contributed by atoms with E-state index >= 15 is 0 Å². The van der Waals surface area contributed by atoms with Crippen molar-refractivity contribution >= 4 is 0 Å². The second kappa shape index (κ2) is 6.26. The van der Waals surface area contributed by atoms with E-state index in [1.54, 1.807) is 16.7 Å². The van der Waals surface area contributed by atoms with Crippen molar-refractivity contribution in [1.29, 1.82) is 0 Å². The zero-order chi connectivity index (χ0) is 13.8. The monoisotopic (exact) mass is 264 g/mol. The maximum atomic E-state index is 2.33. The molecule has 20 heavy (non-hydrogen) atoms. The van der Waals surface area contributed by atoms with Gasteiger partial charge in [-0.25, -0.2) is 0 Å². The Morgan fingerprint density at radius 1 is 0.950 bits per heavy atom. The summed E-state index contributed by atoms with van der Waals surface area (Å²) in [7, 11) is 0. The van der Waals surface area contributed by atoms with Gasteiger partial charge in [0.2, 0.25) is 0 Å². The Morgan fingerprint density at radius 2 is 1.65 bits per heavy atom. The molecule has 1 aliphatic rings. The van der Waals surface area contributed by atoms with E-state index in [1.807, 2.05) is 0 Å². The van der Waals surface area contributed by atoms with Crippen LogP contribution in [0.15, 0.2) is 54.6 Å². The summed E-state index contributed by atoms with van der Waals surface area (Å²) in [5, 5.41) is 0. The minimum absolute atomic E-state index is 0.731. The van der Waals surface area contributed by atoms with Gasteiger partial charge < -0.3 is 0 Å². The van der Waals surface area contributed by atoms with Crippen LogP contribution in [-0.4, -0.2) is 0 Å². The van der Waals surface area contributed by atoms with Crippen molar-refractivity contribution in [2.45, 2.75) is 44.9 Å². The second-order valence-corrected chi connectivity index (χ2v) is 6.08. The van der Waals surface area contributed by atoms with Crippen molar-refractivity contribution in [2.24, 2.45) is 5.92 Å². The van der Waals surface area contributed by atoms with Gasteiger partial charge in [-0.2, -0.15) is 0 Å². The number of fused-ring (bicyclic) bond motifs is 1. The summed E-state index contributed by atoms with van der Waals surface area (Å²) in [6, 6.07) is 20.2. The smallest absolute Gasteiger partial charge is 0.0130 e. The summed E-state index contributed by atoms with van der Waals surface area (Å²) in [6.07, 6.45) is 6.45. The molecule has 1 aliphatic carbocycles. The van der Waals surface area contributed by atoms with Crippen molar-refractivity contribution in [3.8, 4) is 0 Å². The van der Waals surface area contributed by atoms with Gasteiger partial charge in [0.25, 0.3) is 0 Å². The molecule has 0 aliphatic heterocycles.